The number of hydrogen-bond acceptors (Lipinski definition) is 0. The van der Waals surface area contributed by atoms with Crippen molar-refractivity contribution in [1.29, 1.82) is 0 Å². The van der Waals surface area contributed by atoms with Crippen LogP contribution in [0, 0.1) is 0 Å². The molecule has 0 N–H and O–H groups in total. The molecule has 0 radical (unpaired) electrons. The Kier molecular flexibility index (Phi) is 1.70. The van der Waals surface area contributed by atoms with E-state index in [4.69, 9.17) is 0 Å². The number of halogens is 8. The van der Waals surface area contributed by atoms with E-state index in [9.17, 15) is 35.1 Å². The Morgan fingerprint density at radius 2 is 1.00 bits per heavy atom. The third-order valence-corrected chi connectivity index (χ3v) is 1.67. The van der Waals surface area contributed by atoms with E-state index in [1.807, 2.05) is 0 Å². The molecule has 1 aliphatic rings. The first-order chi connectivity index (χ1) is 5.60. The first kappa shape index (κ1) is 10.3. The van der Waals surface area contributed by atoms with Crippen LogP contribution in [0.2, 0.25) is 0 Å². The second-order valence-electron chi connectivity index (χ2n) is 2.38. The fraction of sp³-hybridized carbons (Fsp3) is 0.600. The first-order valence-electron chi connectivity index (χ1n) is 2.76. The summed E-state index contributed by atoms with van der Waals surface area (Å²) >= 11 is 0. The molecule has 0 atom stereocenters. The molecule has 0 nitrogen and oxygen atoms in total. The Morgan fingerprint density at radius 3 is 1.08 bits per heavy atom. The van der Waals surface area contributed by atoms with E-state index in [0.29, 0.717) is 0 Å². The van der Waals surface area contributed by atoms with Crippen molar-refractivity contribution < 1.29 is 35.1 Å². The SMILES string of the molecule is FC(F)=C(F)C1(F)C(F)(F)C1(F)F. The van der Waals surface area contributed by atoms with Gasteiger partial charge >= 0.3 is 23.6 Å². The van der Waals surface area contributed by atoms with Gasteiger partial charge in [-0.25, -0.2) is 8.78 Å². The zero-order valence-corrected chi connectivity index (χ0v) is 5.52. The Hall–Kier alpha value is -0.820. The van der Waals surface area contributed by atoms with Crippen LogP contribution >= 0.6 is 0 Å². The maximum Gasteiger partial charge on any atom is 0.360 e. The topological polar surface area (TPSA) is 0 Å². The predicted octanol–water partition coefficient (Wildman–Crippen LogP) is 3.06. The number of hydrogen-bond donors (Lipinski definition) is 0. The lowest BCUT2D eigenvalue weighted by Gasteiger charge is -1.98. The molecule has 8 heteroatoms. The van der Waals surface area contributed by atoms with E-state index >= 15 is 0 Å². The lowest BCUT2D eigenvalue weighted by atomic mass is 10.3. The predicted molar refractivity (Wildman–Crippen MR) is 24.1 cm³/mol. The molecule has 76 valence electrons. The maximum absolute atomic E-state index is 12.3. The van der Waals surface area contributed by atoms with Gasteiger partial charge in [-0.3, -0.25) is 0 Å². The van der Waals surface area contributed by atoms with Crippen LogP contribution in [-0.4, -0.2) is 17.5 Å². The normalized spacial score (nSPS) is 26.8. The summed E-state index contributed by atoms with van der Waals surface area (Å²) in [5, 5.41) is 0. The third-order valence-electron chi connectivity index (χ3n) is 1.67. The first-order valence-corrected chi connectivity index (χ1v) is 2.76. The number of allylic oxidation sites excluding steroid dienone is 1. The van der Waals surface area contributed by atoms with Crippen LogP contribution in [0.25, 0.3) is 0 Å². The molecule has 0 amide bonds. The minimum Gasteiger partial charge on any atom is -0.222 e. The van der Waals surface area contributed by atoms with Crippen LogP contribution in [0.3, 0.4) is 0 Å². The lowest BCUT2D eigenvalue weighted by molar-refractivity contribution is -0.0278. The smallest absolute Gasteiger partial charge is 0.222 e. The van der Waals surface area contributed by atoms with Gasteiger partial charge in [0.1, 0.15) is 0 Å². The molecular formula is C5F8. The summed E-state index contributed by atoms with van der Waals surface area (Å²) in [5.74, 6) is -14.2. The summed E-state index contributed by atoms with van der Waals surface area (Å²) in [7, 11) is 0. The molecule has 0 saturated heterocycles. The Labute approximate surface area is 65.8 Å². The van der Waals surface area contributed by atoms with Gasteiger partial charge < -0.3 is 0 Å². The van der Waals surface area contributed by atoms with Crippen LogP contribution in [0.4, 0.5) is 35.1 Å². The van der Waals surface area contributed by atoms with Gasteiger partial charge in [0.2, 0.25) is 5.83 Å². The minimum atomic E-state index is -5.41. The van der Waals surface area contributed by atoms with Gasteiger partial charge in [-0.15, -0.1) is 0 Å². The molecule has 0 spiro atoms. The second kappa shape index (κ2) is 2.16. The molecule has 13 heavy (non-hydrogen) atoms. The molecule has 0 aromatic rings. The van der Waals surface area contributed by atoms with E-state index in [-0.39, 0.29) is 0 Å². The van der Waals surface area contributed by atoms with Gasteiger partial charge in [-0.2, -0.15) is 26.3 Å². The fourth-order valence-corrected chi connectivity index (χ4v) is 0.793. The molecule has 1 aliphatic carbocycles. The summed E-state index contributed by atoms with van der Waals surface area (Å²) < 4.78 is 94.0. The monoisotopic (exact) mass is 212 g/mol. The lowest BCUT2D eigenvalue weighted by Crippen LogP contribution is -2.15. The van der Waals surface area contributed by atoms with Gasteiger partial charge in [0, 0.05) is 0 Å². The third kappa shape index (κ3) is 0.806. The molecule has 0 aromatic heterocycles. The van der Waals surface area contributed by atoms with Gasteiger partial charge in [0.15, 0.2) is 0 Å². The van der Waals surface area contributed by atoms with Crippen molar-refractivity contribution in [3.8, 4) is 0 Å². The fourth-order valence-electron chi connectivity index (χ4n) is 0.793. The van der Waals surface area contributed by atoms with Gasteiger partial charge in [0.25, 0.3) is 0 Å². The second-order valence-corrected chi connectivity index (χ2v) is 2.38. The zero-order chi connectivity index (χ0) is 10.7. The van der Waals surface area contributed by atoms with Crippen molar-refractivity contribution in [1.82, 2.24) is 0 Å². The summed E-state index contributed by atoms with van der Waals surface area (Å²) in [6, 6.07) is 0. The Bertz CT molecular complexity index is 258. The van der Waals surface area contributed by atoms with E-state index in [2.05, 4.69) is 0 Å². The highest BCUT2D eigenvalue weighted by Gasteiger charge is 3.01. The average Bonchev–Trinajstić information content (AvgIpc) is 2.28. The number of rotatable bonds is 1. The van der Waals surface area contributed by atoms with Crippen molar-refractivity contribution in [3.63, 3.8) is 0 Å². The quantitative estimate of drug-likeness (QED) is 0.586. The molecule has 0 unspecified atom stereocenters. The van der Waals surface area contributed by atoms with Crippen molar-refractivity contribution in [2.45, 2.75) is 17.5 Å². The summed E-state index contributed by atoms with van der Waals surface area (Å²) in [4.78, 5) is 0. The summed E-state index contributed by atoms with van der Waals surface area (Å²) in [5.41, 5.74) is -5.18. The van der Waals surface area contributed by atoms with Crippen LogP contribution in [-0.2, 0) is 0 Å². The molecule has 1 rings (SSSR count). The highest BCUT2D eigenvalue weighted by Crippen LogP contribution is 2.71. The summed E-state index contributed by atoms with van der Waals surface area (Å²) in [6.07, 6.45) is -3.51. The van der Waals surface area contributed by atoms with Crippen molar-refractivity contribution in [2.75, 3.05) is 0 Å². The van der Waals surface area contributed by atoms with Gasteiger partial charge in [-0.1, -0.05) is 0 Å². The van der Waals surface area contributed by atoms with Gasteiger partial charge in [-0.05, 0) is 0 Å². The number of alkyl halides is 5. The molecule has 0 aromatic carbocycles. The minimum absolute atomic E-state index is 3.41. The van der Waals surface area contributed by atoms with E-state index < -0.39 is 29.4 Å². The highest BCUT2D eigenvalue weighted by atomic mass is 19.3. The van der Waals surface area contributed by atoms with Crippen LogP contribution in [0.5, 0.6) is 0 Å². The molecule has 0 heterocycles. The zero-order valence-electron chi connectivity index (χ0n) is 5.52. The summed E-state index contributed by atoms with van der Waals surface area (Å²) in [6.45, 7) is 0. The molecule has 1 saturated carbocycles. The largest absolute Gasteiger partial charge is 0.360 e. The van der Waals surface area contributed by atoms with Gasteiger partial charge in [0.05, 0.1) is 0 Å². The van der Waals surface area contributed by atoms with Crippen LogP contribution in [0.1, 0.15) is 0 Å². The van der Waals surface area contributed by atoms with E-state index in [0.717, 1.165) is 0 Å². The standard InChI is InChI=1S/C5F8/c6-1(2(7)8)3(9)4(10,11)5(3,12)13. The van der Waals surface area contributed by atoms with Crippen molar-refractivity contribution in [2.24, 2.45) is 0 Å². The highest BCUT2D eigenvalue weighted by molar-refractivity contribution is 5.40. The van der Waals surface area contributed by atoms with Crippen molar-refractivity contribution in [3.05, 3.63) is 11.9 Å². The molecular weight excluding hydrogens is 212 g/mol. The maximum atomic E-state index is 12.3. The Balaban J connectivity index is 3.17. The van der Waals surface area contributed by atoms with E-state index in [1.54, 1.807) is 0 Å². The van der Waals surface area contributed by atoms with Crippen LogP contribution in [0.15, 0.2) is 11.9 Å². The van der Waals surface area contributed by atoms with Crippen LogP contribution < -0.4 is 0 Å². The molecule has 0 aliphatic heterocycles. The van der Waals surface area contributed by atoms with E-state index in [1.165, 1.54) is 0 Å². The molecule has 1 fully saturated rings. The Morgan fingerprint density at radius 1 is 0.692 bits per heavy atom. The van der Waals surface area contributed by atoms with Crippen molar-refractivity contribution >= 4 is 0 Å². The molecule has 0 bridgehead atoms. The average molecular weight is 212 g/mol.